The van der Waals surface area contributed by atoms with Crippen LogP contribution < -0.4 is 11.6 Å². The molecule has 7 rings (SSSR count). The molecule has 0 amide bonds. The smallest absolute Gasteiger partial charge is 0.234 e. The molecule has 2 aliphatic rings. The summed E-state index contributed by atoms with van der Waals surface area (Å²) in [6.07, 6.45) is 12.8. The number of nitrogens with zero attached hydrogens (tertiary/aromatic N) is 12. The predicted molar refractivity (Wildman–Crippen MR) is 207 cm³/mol. The molecule has 54 heavy (non-hydrogen) atoms. The molecule has 2 fully saturated rings. The number of likely N-dealkylation sites (tertiary alicyclic amines) is 1. The van der Waals surface area contributed by atoms with Gasteiger partial charge in [-0.25, -0.2) is 24.6 Å². The molecule has 6 heterocycles. The van der Waals surface area contributed by atoms with Gasteiger partial charge in [0.15, 0.2) is 0 Å². The highest BCUT2D eigenvalue weighted by Crippen LogP contribution is 2.30. The first-order valence-corrected chi connectivity index (χ1v) is 18.7. The summed E-state index contributed by atoms with van der Waals surface area (Å²) in [4.78, 5) is 31.0. The topological polar surface area (TPSA) is 212 Å². The summed E-state index contributed by atoms with van der Waals surface area (Å²) < 4.78 is 5.78. The average molecular weight is 735 g/mol. The number of hydrogen-bond donors (Lipinski definition) is 2. The van der Waals surface area contributed by atoms with Crippen molar-refractivity contribution in [3.63, 3.8) is 0 Å². The Hall–Kier alpha value is -5.25. The Morgan fingerprint density at radius 2 is 1.26 bits per heavy atom. The van der Waals surface area contributed by atoms with Crippen molar-refractivity contribution < 1.29 is 4.79 Å². The van der Waals surface area contributed by atoms with Gasteiger partial charge in [0.2, 0.25) is 11.6 Å². The maximum absolute atomic E-state index is 11.5. The summed E-state index contributed by atoms with van der Waals surface area (Å²) in [5.41, 5.74) is 10.4. The fraction of sp³-hybridized carbons (Fsp3) is 0.564. The van der Waals surface area contributed by atoms with Crippen molar-refractivity contribution in [1.29, 1.82) is 10.5 Å². The van der Waals surface area contributed by atoms with Gasteiger partial charge in [-0.2, -0.15) is 10.5 Å². The first-order chi connectivity index (χ1) is 25.6. The minimum atomic E-state index is 0.112. The zero-order chi connectivity index (χ0) is 39.0. The Morgan fingerprint density at radius 3 is 1.70 bits per heavy atom. The van der Waals surface area contributed by atoms with E-state index in [1.165, 1.54) is 28.7 Å². The Labute approximate surface area is 317 Å². The van der Waals surface area contributed by atoms with Crippen LogP contribution in [0.15, 0.2) is 37.2 Å². The van der Waals surface area contributed by atoms with E-state index < -0.39 is 0 Å². The third-order valence-corrected chi connectivity index (χ3v) is 9.52. The lowest BCUT2D eigenvalue weighted by Crippen LogP contribution is -2.39. The van der Waals surface area contributed by atoms with E-state index in [9.17, 15) is 4.79 Å². The molecule has 1 saturated carbocycles. The Bertz CT molecular complexity index is 2090. The first kappa shape index (κ1) is 39.9. The van der Waals surface area contributed by atoms with Crippen molar-refractivity contribution in [3.05, 3.63) is 60.2 Å². The summed E-state index contributed by atoms with van der Waals surface area (Å²) in [7, 11) is 0. The molecule has 0 spiro atoms. The van der Waals surface area contributed by atoms with Gasteiger partial charge in [-0.1, -0.05) is 41.5 Å². The zero-order valence-corrected chi connectivity index (χ0v) is 32.5. The molecule has 15 nitrogen and oxygen atoms in total. The fourth-order valence-electron chi connectivity index (χ4n) is 6.94. The van der Waals surface area contributed by atoms with Gasteiger partial charge in [-0.3, -0.25) is 9.69 Å². The monoisotopic (exact) mass is 734 g/mol. The van der Waals surface area contributed by atoms with E-state index in [1.54, 1.807) is 12.4 Å². The Morgan fingerprint density at radius 1 is 0.778 bits per heavy atom. The van der Waals surface area contributed by atoms with Crippen LogP contribution in [0, 0.1) is 39.4 Å². The van der Waals surface area contributed by atoms with E-state index in [4.69, 9.17) is 22.1 Å². The fourth-order valence-corrected chi connectivity index (χ4v) is 6.94. The number of piperidine rings is 1. The molecule has 0 atom stereocenters. The number of carbonyl (C=O) groups is 1. The number of carbonyl (C=O) groups excluding carboxylic acids is 1. The van der Waals surface area contributed by atoms with Gasteiger partial charge in [0.05, 0.1) is 0 Å². The van der Waals surface area contributed by atoms with E-state index in [-0.39, 0.29) is 22.5 Å². The van der Waals surface area contributed by atoms with Crippen molar-refractivity contribution in [1.82, 2.24) is 48.8 Å². The number of ketones is 1. The molecule has 5 aromatic rings. The van der Waals surface area contributed by atoms with Gasteiger partial charge in [0, 0.05) is 86.2 Å². The lowest BCUT2D eigenvalue weighted by Gasteiger charge is -2.31. The number of nitriles is 2. The van der Waals surface area contributed by atoms with Crippen LogP contribution in [0.25, 0.3) is 22.1 Å². The third-order valence-electron chi connectivity index (χ3n) is 9.52. The molecular formula is C39H54N14O. The molecule has 0 bridgehead atoms. The summed E-state index contributed by atoms with van der Waals surface area (Å²) in [5.74, 6) is 6.46. The molecule has 286 valence electrons. The second-order valence-corrected chi connectivity index (χ2v) is 16.9. The van der Waals surface area contributed by atoms with Crippen LogP contribution in [0.3, 0.4) is 0 Å². The maximum atomic E-state index is 11.5. The minimum absolute atomic E-state index is 0.112. The van der Waals surface area contributed by atoms with E-state index in [1.807, 2.05) is 12.1 Å². The molecule has 5 aromatic heterocycles. The first-order valence-electron chi connectivity index (χ1n) is 18.7. The summed E-state index contributed by atoms with van der Waals surface area (Å²) in [5, 5.41) is 27.0. The van der Waals surface area contributed by atoms with Crippen LogP contribution in [0.5, 0.6) is 0 Å². The van der Waals surface area contributed by atoms with Crippen molar-refractivity contribution in [2.75, 3.05) is 18.9 Å². The van der Waals surface area contributed by atoms with Gasteiger partial charge in [-0.05, 0) is 61.0 Å². The summed E-state index contributed by atoms with van der Waals surface area (Å²) >= 11 is 0. The van der Waals surface area contributed by atoms with Crippen LogP contribution in [0.1, 0.15) is 103 Å². The third kappa shape index (κ3) is 11.1. The molecule has 1 aliphatic carbocycles. The van der Waals surface area contributed by atoms with Gasteiger partial charge in [-0.15, -0.1) is 10.2 Å². The highest BCUT2D eigenvalue weighted by atomic mass is 16.1. The van der Waals surface area contributed by atoms with Gasteiger partial charge >= 0.3 is 0 Å². The number of nitrogens with two attached hydrogens (primary N) is 2. The molecule has 1 aliphatic heterocycles. The number of Topliss-reactive ketones (excluding diaryl/α,β-unsaturated/α-hetero) is 1. The molecule has 0 radical (unpaired) electrons. The average Bonchev–Trinajstić information content (AvgIpc) is 3.83. The lowest BCUT2D eigenvalue weighted by molar-refractivity contribution is -0.121. The van der Waals surface area contributed by atoms with Crippen molar-refractivity contribution in [3.8, 4) is 12.1 Å². The number of nitrogen functional groups attached to an aromatic ring is 1. The second kappa shape index (κ2) is 17.3. The van der Waals surface area contributed by atoms with Gasteiger partial charge in [0.25, 0.3) is 0 Å². The number of fused-ring (bicyclic) bond motifs is 2. The number of hydrogen-bond acceptors (Lipinski definition) is 12. The highest BCUT2D eigenvalue weighted by Gasteiger charge is 2.24. The SMILES string of the molecule is CC(C)(C)Cn1c(CC2CCC(=O)CC2)cc2cnc(C#N)nc21.CC(C)(C)Cn1c(CN2CCC(N)CC2)cc2cnc(C#N)nc21.Nn1cnnc1. The second-order valence-electron chi connectivity index (χ2n) is 16.9. The van der Waals surface area contributed by atoms with Crippen molar-refractivity contribution in [2.24, 2.45) is 22.5 Å². The molecule has 4 N–H and O–H groups in total. The standard InChI is InChI=1S/C19H24N4O.C18H26N6.C2H4N4/c1-19(2,3)12-23-15(8-13-4-6-16(24)7-5-13)9-14-11-21-17(10-20)22-18(14)23;1-18(2,3)12-24-15(11-23-6-4-14(20)5-7-23)8-13-10-21-16(9-19)22-17(13)24;3-6-1-4-5-2-6/h9,11,13H,4-8,12H2,1-3H3;8,10,14H,4-7,11-12,20H2,1-3H3;1-2H,3H2. The van der Waals surface area contributed by atoms with Crippen LogP contribution >= 0.6 is 0 Å². The molecule has 0 unspecified atom stereocenters. The van der Waals surface area contributed by atoms with Crippen LogP contribution in [0.2, 0.25) is 0 Å². The molecule has 1 saturated heterocycles. The molecule has 15 heteroatoms. The van der Waals surface area contributed by atoms with Crippen molar-refractivity contribution >= 4 is 27.9 Å². The zero-order valence-electron chi connectivity index (χ0n) is 32.5. The number of aromatic nitrogens is 9. The predicted octanol–water partition coefficient (Wildman–Crippen LogP) is 4.91. The van der Waals surface area contributed by atoms with Crippen LogP contribution in [-0.4, -0.2) is 73.8 Å². The van der Waals surface area contributed by atoms with Gasteiger partial charge < -0.3 is 20.7 Å². The van der Waals surface area contributed by atoms with E-state index >= 15 is 0 Å². The Kier molecular flexibility index (Phi) is 12.8. The normalized spacial score (nSPS) is 16.0. The van der Waals surface area contributed by atoms with E-state index in [0.29, 0.717) is 30.6 Å². The largest absolute Gasteiger partial charge is 0.337 e. The van der Waals surface area contributed by atoms with E-state index in [0.717, 1.165) is 86.9 Å². The van der Waals surface area contributed by atoms with Crippen molar-refractivity contribution in [2.45, 2.75) is 112 Å². The quantitative estimate of drug-likeness (QED) is 0.223. The minimum Gasteiger partial charge on any atom is -0.337 e. The van der Waals surface area contributed by atoms with Crippen LogP contribution in [0.4, 0.5) is 0 Å². The Balaban J connectivity index is 0.000000180. The maximum Gasteiger partial charge on any atom is 0.234 e. The molecular weight excluding hydrogens is 681 g/mol. The van der Waals surface area contributed by atoms with Crippen LogP contribution in [-0.2, 0) is 30.8 Å². The van der Waals surface area contributed by atoms with E-state index in [2.05, 4.69) is 97.8 Å². The summed E-state index contributed by atoms with van der Waals surface area (Å²) in [6, 6.07) is 8.73. The highest BCUT2D eigenvalue weighted by molar-refractivity contribution is 5.79. The lowest BCUT2D eigenvalue weighted by atomic mass is 9.85. The van der Waals surface area contributed by atoms with Gasteiger partial charge in [0.1, 0.15) is 41.9 Å². The molecule has 0 aromatic carbocycles. The number of rotatable bonds is 6. The summed E-state index contributed by atoms with van der Waals surface area (Å²) in [6.45, 7) is 17.9.